The first-order valence-corrected chi connectivity index (χ1v) is 11.9. The predicted octanol–water partition coefficient (Wildman–Crippen LogP) is 5.27. The van der Waals surface area contributed by atoms with Crippen molar-refractivity contribution in [3.05, 3.63) is 101 Å². The topological polar surface area (TPSA) is 45.1 Å². The lowest BCUT2D eigenvalue weighted by atomic mass is 10.2. The predicted molar refractivity (Wildman–Crippen MR) is 134 cm³/mol. The number of amidine groups is 1. The van der Waals surface area contributed by atoms with Crippen LogP contribution in [0.4, 0.5) is 0 Å². The van der Waals surface area contributed by atoms with Gasteiger partial charge in [0.15, 0.2) is 5.17 Å². The molecule has 5 nitrogen and oxygen atoms in total. The molecule has 1 amide bonds. The van der Waals surface area contributed by atoms with E-state index in [1.165, 1.54) is 17.3 Å². The van der Waals surface area contributed by atoms with E-state index in [9.17, 15) is 4.79 Å². The monoisotopic (exact) mass is 455 g/mol. The lowest BCUT2D eigenvalue weighted by Crippen LogP contribution is -2.47. The number of amides is 1. The molecule has 166 valence electrons. The molecule has 0 spiro atoms. The number of thioether (sulfide) groups is 1. The summed E-state index contributed by atoms with van der Waals surface area (Å²) in [7, 11) is 0. The SMILES string of the molecule is O=C1N=C(N2CCN(Cc3ccccc3)CC2)S/C1=C/c1cccc(Oc2ccccc2)c1. The van der Waals surface area contributed by atoms with Gasteiger partial charge in [0.2, 0.25) is 0 Å². The van der Waals surface area contributed by atoms with Crippen molar-refractivity contribution in [2.24, 2.45) is 4.99 Å². The zero-order chi connectivity index (χ0) is 22.5. The van der Waals surface area contributed by atoms with Gasteiger partial charge in [-0.2, -0.15) is 4.99 Å². The van der Waals surface area contributed by atoms with Crippen molar-refractivity contribution in [1.82, 2.24) is 9.80 Å². The third kappa shape index (κ3) is 5.53. The Morgan fingerprint density at radius 2 is 1.55 bits per heavy atom. The van der Waals surface area contributed by atoms with Crippen molar-refractivity contribution < 1.29 is 9.53 Å². The van der Waals surface area contributed by atoms with Crippen LogP contribution in [0.5, 0.6) is 11.5 Å². The quantitative estimate of drug-likeness (QED) is 0.491. The molecule has 0 unspecified atom stereocenters. The maximum absolute atomic E-state index is 12.6. The molecule has 0 atom stereocenters. The van der Waals surface area contributed by atoms with Gasteiger partial charge in [-0.15, -0.1) is 0 Å². The van der Waals surface area contributed by atoms with Gasteiger partial charge < -0.3 is 9.64 Å². The molecule has 0 aliphatic carbocycles. The van der Waals surface area contributed by atoms with E-state index in [0.717, 1.165) is 55.0 Å². The number of hydrogen-bond acceptors (Lipinski definition) is 5. The van der Waals surface area contributed by atoms with E-state index in [4.69, 9.17) is 4.74 Å². The summed E-state index contributed by atoms with van der Waals surface area (Å²) in [5, 5.41) is 0.808. The van der Waals surface area contributed by atoms with E-state index >= 15 is 0 Å². The van der Waals surface area contributed by atoms with Crippen molar-refractivity contribution in [2.45, 2.75) is 6.54 Å². The number of ether oxygens (including phenoxy) is 1. The summed E-state index contributed by atoms with van der Waals surface area (Å²) >= 11 is 1.46. The second kappa shape index (κ2) is 10.1. The van der Waals surface area contributed by atoms with E-state index in [-0.39, 0.29) is 5.91 Å². The number of carbonyl (C=O) groups excluding carboxylic acids is 1. The van der Waals surface area contributed by atoms with E-state index in [0.29, 0.717) is 4.91 Å². The minimum Gasteiger partial charge on any atom is -0.457 e. The summed E-state index contributed by atoms with van der Waals surface area (Å²) in [4.78, 5) is 22.2. The van der Waals surface area contributed by atoms with Crippen LogP contribution < -0.4 is 4.74 Å². The summed E-state index contributed by atoms with van der Waals surface area (Å²) < 4.78 is 5.92. The molecule has 1 fully saturated rings. The second-order valence-electron chi connectivity index (χ2n) is 8.05. The number of carbonyl (C=O) groups is 1. The Bertz CT molecular complexity index is 1170. The van der Waals surface area contributed by atoms with Crippen molar-refractivity contribution in [2.75, 3.05) is 26.2 Å². The summed E-state index contributed by atoms with van der Waals surface area (Å²) in [5.41, 5.74) is 2.25. The fourth-order valence-corrected chi connectivity index (χ4v) is 4.88. The van der Waals surface area contributed by atoms with Crippen LogP contribution in [0, 0.1) is 0 Å². The van der Waals surface area contributed by atoms with Crippen molar-refractivity contribution in [3.8, 4) is 11.5 Å². The lowest BCUT2D eigenvalue weighted by Gasteiger charge is -2.35. The zero-order valence-electron chi connectivity index (χ0n) is 18.3. The van der Waals surface area contributed by atoms with Crippen LogP contribution >= 0.6 is 11.8 Å². The number of para-hydroxylation sites is 1. The molecule has 33 heavy (non-hydrogen) atoms. The molecule has 0 aromatic heterocycles. The van der Waals surface area contributed by atoms with Gasteiger partial charge in [-0.1, -0.05) is 60.7 Å². The highest BCUT2D eigenvalue weighted by Gasteiger charge is 2.28. The van der Waals surface area contributed by atoms with Gasteiger partial charge in [-0.05, 0) is 53.2 Å². The van der Waals surface area contributed by atoms with E-state index in [2.05, 4.69) is 39.1 Å². The van der Waals surface area contributed by atoms with E-state index < -0.39 is 0 Å². The fraction of sp³-hybridized carbons (Fsp3) is 0.185. The number of hydrogen-bond donors (Lipinski definition) is 0. The van der Waals surface area contributed by atoms with Gasteiger partial charge in [0.25, 0.3) is 5.91 Å². The molecule has 0 N–H and O–H groups in total. The Morgan fingerprint density at radius 1 is 0.848 bits per heavy atom. The normalized spacial score (nSPS) is 17.9. The number of benzene rings is 3. The minimum atomic E-state index is -0.170. The average molecular weight is 456 g/mol. The van der Waals surface area contributed by atoms with E-state index in [1.54, 1.807) is 0 Å². The van der Waals surface area contributed by atoms with Gasteiger partial charge in [-0.25, -0.2) is 0 Å². The highest BCUT2D eigenvalue weighted by molar-refractivity contribution is 8.18. The maximum atomic E-state index is 12.6. The first-order chi connectivity index (χ1) is 16.2. The molecule has 6 heteroatoms. The Hall–Kier alpha value is -3.35. The molecule has 0 radical (unpaired) electrons. The van der Waals surface area contributed by atoms with Crippen molar-refractivity contribution in [3.63, 3.8) is 0 Å². The zero-order valence-corrected chi connectivity index (χ0v) is 19.1. The summed E-state index contributed by atoms with van der Waals surface area (Å²) in [6, 6.07) is 28.0. The third-order valence-corrected chi connectivity index (χ3v) is 6.68. The molecule has 2 aliphatic heterocycles. The highest BCUT2D eigenvalue weighted by Crippen LogP contribution is 2.32. The third-order valence-electron chi connectivity index (χ3n) is 5.64. The van der Waals surface area contributed by atoms with E-state index in [1.807, 2.05) is 66.7 Å². The van der Waals surface area contributed by atoms with Gasteiger partial charge in [0.05, 0.1) is 4.91 Å². The van der Waals surface area contributed by atoms with Crippen molar-refractivity contribution in [1.29, 1.82) is 0 Å². The summed E-state index contributed by atoms with van der Waals surface area (Å²) in [6.45, 7) is 4.63. The van der Waals surface area contributed by atoms with Gasteiger partial charge in [-0.3, -0.25) is 9.69 Å². The Morgan fingerprint density at radius 3 is 2.30 bits per heavy atom. The largest absolute Gasteiger partial charge is 0.457 e. The number of aliphatic imine (C=N–C) groups is 1. The Balaban J connectivity index is 1.19. The second-order valence-corrected chi connectivity index (χ2v) is 9.06. The number of rotatable bonds is 5. The van der Waals surface area contributed by atoms with Crippen LogP contribution in [0.1, 0.15) is 11.1 Å². The molecule has 2 aliphatic rings. The van der Waals surface area contributed by atoms with Gasteiger partial charge in [0.1, 0.15) is 11.5 Å². The molecule has 0 saturated carbocycles. The number of nitrogens with zero attached hydrogens (tertiary/aromatic N) is 3. The van der Waals surface area contributed by atoms with Gasteiger partial charge >= 0.3 is 0 Å². The van der Waals surface area contributed by atoms with Crippen LogP contribution in [0.25, 0.3) is 6.08 Å². The molecule has 0 bridgehead atoms. The standard InChI is InChI=1S/C27H25N3O2S/c31-26-25(19-22-10-7-13-24(18-22)32-23-11-5-2-6-12-23)33-27(28-26)30-16-14-29(15-17-30)20-21-8-3-1-4-9-21/h1-13,18-19H,14-17,20H2/b25-19+. The molecular weight excluding hydrogens is 430 g/mol. The van der Waals surface area contributed by atoms with Crippen LogP contribution in [0.15, 0.2) is 94.8 Å². The highest BCUT2D eigenvalue weighted by atomic mass is 32.2. The smallest absolute Gasteiger partial charge is 0.286 e. The average Bonchev–Trinajstić information content (AvgIpc) is 3.21. The van der Waals surface area contributed by atoms with Crippen LogP contribution in [-0.2, 0) is 11.3 Å². The van der Waals surface area contributed by atoms with Crippen LogP contribution in [0.3, 0.4) is 0 Å². The molecule has 5 rings (SSSR count). The Labute approximate surface area is 198 Å². The van der Waals surface area contributed by atoms with Crippen LogP contribution in [0.2, 0.25) is 0 Å². The summed E-state index contributed by atoms with van der Waals surface area (Å²) in [5.74, 6) is 1.35. The Kier molecular flexibility index (Phi) is 6.56. The maximum Gasteiger partial charge on any atom is 0.286 e. The van der Waals surface area contributed by atoms with Crippen molar-refractivity contribution >= 4 is 28.9 Å². The first kappa shape index (κ1) is 21.5. The summed E-state index contributed by atoms with van der Waals surface area (Å²) in [6.07, 6.45) is 1.90. The lowest BCUT2D eigenvalue weighted by molar-refractivity contribution is -0.113. The van der Waals surface area contributed by atoms with Gasteiger partial charge in [0, 0.05) is 32.7 Å². The minimum absolute atomic E-state index is 0.170. The number of piperazine rings is 1. The molecule has 2 heterocycles. The molecular formula is C27H25N3O2S. The fourth-order valence-electron chi connectivity index (χ4n) is 3.92. The first-order valence-electron chi connectivity index (χ1n) is 11.1. The van der Waals surface area contributed by atoms with Crippen LogP contribution in [-0.4, -0.2) is 47.1 Å². The molecule has 3 aromatic rings. The molecule has 3 aromatic carbocycles. The molecule has 1 saturated heterocycles.